The van der Waals surface area contributed by atoms with E-state index in [1.54, 1.807) is 18.2 Å². The fourth-order valence-corrected chi connectivity index (χ4v) is 5.96. The molecule has 1 N–H and O–H groups in total. The second-order valence-electron chi connectivity index (χ2n) is 9.13. The van der Waals surface area contributed by atoms with Crippen molar-refractivity contribution in [1.82, 2.24) is 9.62 Å². The summed E-state index contributed by atoms with van der Waals surface area (Å²) < 4.78 is 33.6. The summed E-state index contributed by atoms with van der Waals surface area (Å²) in [6.07, 6.45) is 3.42. The molecule has 0 spiro atoms. The van der Waals surface area contributed by atoms with Crippen LogP contribution in [0, 0.1) is 6.92 Å². The number of rotatable bonds is 4. The van der Waals surface area contributed by atoms with Gasteiger partial charge in [-0.1, -0.05) is 30.2 Å². The number of nitrogens with one attached hydrogen (secondary N) is 1. The van der Waals surface area contributed by atoms with Crippen molar-refractivity contribution in [2.24, 2.45) is 0 Å². The first-order valence-corrected chi connectivity index (χ1v) is 12.3. The summed E-state index contributed by atoms with van der Waals surface area (Å²) >= 11 is 0. The molecule has 2 aliphatic heterocycles. The molecule has 1 saturated heterocycles. The number of piperidine rings is 1. The molecule has 2 aromatic carbocycles. The van der Waals surface area contributed by atoms with Gasteiger partial charge >= 0.3 is 0 Å². The number of hydrogen-bond acceptors (Lipinski definition) is 4. The number of nitrogens with zero attached hydrogens (tertiary/aromatic N) is 1. The molecule has 0 aliphatic carbocycles. The maximum absolute atomic E-state index is 13.1. The number of hydrogen-bond donors (Lipinski definition) is 1. The van der Waals surface area contributed by atoms with E-state index in [0.29, 0.717) is 25.1 Å². The first-order chi connectivity index (χ1) is 14.7. The number of benzene rings is 2. The van der Waals surface area contributed by atoms with Gasteiger partial charge in [0.25, 0.3) is 5.91 Å². The molecule has 2 aliphatic rings. The number of amides is 1. The van der Waals surface area contributed by atoms with Crippen LogP contribution in [0.25, 0.3) is 0 Å². The topological polar surface area (TPSA) is 75.7 Å². The fourth-order valence-electron chi connectivity index (χ4n) is 4.40. The number of ether oxygens (including phenoxy) is 1. The Morgan fingerprint density at radius 2 is 1.84 bits per heavy atom. The van der Waals surface area contributed by atoms with E-state index >= 15 is 0 Å². The van der Waals surface area contributed by atoms with Gasteiger partial charge in [0.05, 0.1) is 10.9 Å². The average molecular weight is 443 g/mol. The molecule has 166 valence electrons. The third kappa shape index (κ3) is 4.62. The van der Waals surface area contributed by atoms with Gasteiger partial charge in [-0.15, -0.1) is 0 Å². The summed E-state index contributed by atoms with van der Waals surface area (Å²) in [5.41, 5.74) is 1.97. The Balaban J connectivity index is 1.59. The van der Waals surface area contributed by atoms with Crippen molar-refractivity contribution in [3.05, 3.63) is 59.2 Å². The summed E-state index contributed by atoms with van der Waals surface area (Å²) in [7, 11) is -3.59. The number of carbonyl (C=O) groups excluding carboxylic acids is 1. The van der Waals surface area contributed by atoms with Crippen LogP contribution >= 0.6 is 0 Å². The minimum atomic E-state index is -3.59. The van der Waals surface area contributed by atoms with E-state index in [1.807, 2.05) is 39.0 Å². The summed E-state index contributed by atoms with van der Waals surface area (Å²) in [4.78, 5) is 13.3. The quantitative estimate of drug-likeness (QED) is 0.770. The Morgan fingerprint density at radius 1 is 1.10 bits per heavy atom. The highest BCUT2D eigenvalue weighted by atomic mass is 32.2. The summed E-state index contributed by atoms with van der Waals surface area (Å²) in [5.74, 6) is 0.486. The molecule has 7 heteroatoms. The molecular weight excluding hydrogens is 412 g/mol. The van der Waals surface area contributed by atoms with E-state index in [9.17, 15) is 13.2 Å². The smallest absolute Gasteiger partial charge is 0.251 e. The van der Waals surface area contributed by atoms with Crippen molar-refractivity contribution in [2.75, 3.05) is 13.1 Å². The predicted octanol–water partition coefficient (Wildman–Crippen LogP) is 4.20. The van der Waals surface area contributed by atoms with E-state index in [4.69, 9.17) is 4.74 Å². The molecule has 31 heavy (non-hydrogen) atoms. The van der Waals surface area contributed by atoms with Crippen LogP contribution < -0.4 is 10.1 Å². The zero-order valence-electron chi connectivity index (χ0n) is 18.3. The zero-order chi connectivity index (χ0) is 22.2. The van der Waals surface area contributed by atoms with E-state index < -0.39 is 15.6 Å². The van der Waals surface area contributed by atoms with E-state index in [1.165, 1.54) is 10.4 Å². The van der Waals surface area contributed by atoms with Gasteiger partial charge in [0.2, 0.25) is 10.0 Å². The molecule has 0 aromatic heterocycles. The Hall–Kier alpha value is -2.38. The van der Waals surface area contributed by atoms with Crippen molar-refractivity contribution >= 4 is 15.9 Å². The largest absolute Gasteiger partial charge is 0.487 e. The minimum absolute atomic E-state index is 0.172. The molecule has 6 nitrogen and oxygen atoms in total. The number of fused-ring (bicyclic) bond motifs is 1. The molecular formula is C24H30N2O4S. The highest BCUT2D eigenvalue weighted by Gasteiger charge is 2.35. The van der Waals surface area contributed by atoms with E-state index in [0.717, 1.165) is 36.1 Å². The maximum atomic E-state index is 13.1. The zero-order valence-corrected chi connectivity index (χ0v) is 19.2. The van der Waals surface area contributed by atoms with Crippen molar-refractivity contribution in [3.63, 3.8) is 0 Å². The number of sulfonamides is 1. The Morgan fingerprint density at radius 3 is 2.58 bits per heavy atom. The van der Waals surface area contributed by atoms with E-state index in [2.05, 4.69) is 5.32 Å². The molecule has 1 fully saturated rings. The lowest BCUT2D eigenvalue weighted by atomic mass is 9.88. The molecule has 1 atom stereocenters. The van der Waals surface area contributed by atoms with Crippen LogP contribution in [0.2, 0.25) is 0 Å². The van der Waals surface area contributed by atoms with Crippen LogP contribution in [0.4, 0.5) is 0 Å². The standard InChI is InChI=1S/C24H30N2O4S/c1-17-10-11-22-20(14-17)21(16-24(2,3)30-22)25-23(27)18-8-7-9-19(15-18)31(28,29)26-12-5-4-6-13-26/h7-11,14-15,21H,4-6,12-13,16H2,1-3H3,(H,25,27)/t21-/m0/s1. The lowest BCUT2D eigenvalue weighted by molar-refractivity contribution is 0.0619. The van der Waals surface area contributed by atoms with Gasteiger partial charge in [0, 0.05) is 30.6 Å². The lowest BCUT2D eigenvalue weighted by Gasteiger charge is -2.38. The highest BCUT2D eigenvalue weighted by molar-refractivity contribution is 7.89. The predicted molar refractivity (Wildman–Crippen MR) is 120 cm³/mol. The molecule has 1 amide bonds. The second kappa shape index (κ2) is 8.28. The molecule has 0 radical (unpaired) electrons. The third-order valence-corrected chi connectivity index (χ3v) is 7.87. The van der Waals surface area contributed by atoms with Crippen LogP contribution in [0.1, 0.15) is 67.1 Å². The van der Waals surface area contributed by atoms with Crippen molar-refractivity contribution in [2.45, 2.75) is 63.0 Å². The van der Waals surface area contributed by atoms with Crippen molar-refractivity contribution in [1.29, 1.82) is 0 Å². The summed E-state index contributed by atoms with van der Waals surface area (Å²) in [6, 6.07) is 12.1. The van der Waals surface area contributed by atoms with Crippen LogP contribution in [0.15, 0.2) is 47.4 Å². The Labute approximate surface area is 184 Å². The fraction of sp³-hybridized carbons (Fsp3) is 0.458. The molecule has 0 unspecified atom stereocenters. The molecule has 0 saturated carbocycles. The third-order valence-electron chi connectivity index (χ3n) is 5.98. The van der Waals surface area contributed by atoms with E-state index in [-0.39, 0.29) is 16.8 Å². The SMILES string of the molecule is Cc1ccc2c(c1)[C@@H](NC(=O)c1cccc(S(=O)(=O)N3CCCCC3)c1)CC(C)(C)O2. The minimum Gasteiger partial charge on any atom is -0.487 e. The molecule has 4 rings (SSSR count). The van der Waals surface area contributed by atoms with Gasteiger partial charge in [-0.3, -0.25) is 4.79 Å². The first-order valence-electron chi connectivity index (χ1n) is 10.9. The lowest BCUT2D eigenvalue weighted by Crippen LogP contribution is -2.41. The maximum Gasteiger partial charge on any atom is 0.251 e. The first kappa shape index (κ1) is 21.8. The van der Waals surface area contributed by atoms with Gasteiger partial charge in [0.1, 0.15) is 11.4 Å². The normalized spacial score (nSPS) is 21.1. The summed E-state index contributed by atoms with van der Waals surface area (Å²) in [5, 5.41) is 3.11. The van der Waals surface area contributed by atoms with Gasteiger partial charge in [-0.2, -0.15) is 4.31 Å². The molecule has 2 heterocycles. The van der Waals surface area contributed by atoms with Gasteiger partial charge < -0.3 is 10.1 Å². The van der Waals surface area contributed by atoms with Crippen LogP contribution in [0.5, 0.6) is 5.75 Å². The van der Waals surface area contributed by atoms with Crippen molar-refractivity contribution < 1.29 is 17.9 Å². The molecule has 0 bridgehead atoms. The van der Waals surface area contributed by atoms with Crippen LogP contribution in [-0.4, -0.2) is 37.3 Å². The van der Waals surface area contributed by atoms with Gasteiger partial charge in [-0.25, -0.2) is 8.42 Å². The van der Waals surface area contributed by atoms with Crippen LogP contribution in [0.3, 0.4) is 0 Å². The molecule has 2 aromatic rings. The van der Waals surface area contributed by atoms with Gasteiger partial charge in [-0.05, 0) is 57.9 Å². The number of aryl methyl sites for hydroxylation is 1. The van der Waals surface area contributed by atoms with Gasteiger partial charge in [0.15, 0.2) is 0 Å². The Bertz CT molecular complexity index is 1090. The van der Waals surface area contributed by atoms with Crippen LogP contribution in [-0.2, 0) is 10.0 Å². The second-order valence-corrected chi connectivity index (χ2v) is 11.1. The Kier molecular flexibility index (Phi) is 5.83. The monoisotopic (exact) mass is 442 g/mol. The highest BCUT2D eigenvalue weighted by Crippen LogP contribution is 2.40. The van der Waals surface area contributed by atoms with Crippen molar-refractivity contribution in [3.8, 4) is 5.75 Å². The average Bonchev–Trinajstić information content (AvgIpc) is 2.74. The number of carbonyl (C=O) groups is 1. The summed E-state index contributed by atoms with van der Waals surface area (Å²) in [6.45, 7) is 7.08.